The van der Waals surface area contributed by atoms with Crippen LogP contribution in [0.25, 0.3) is 6.08 Å². The fourth-order valence-corrected chi connectivity index (χ4v) is 2.55. The highest BCUT2D eigenvalue weighted by Gasteiger charge is 2.10. The van der Waals surface area contributed by atoms with E-state index in [4.69, 9.17) is 4.74 Å². The van der Waals surface area contributed by atoms with Crippen LogP contribution in [0.4, 0.5) is 0 Å². The van der Waals surface area contributed by atoms with Crippen molar-refractivity contribution in [3.63, 3.8) is 0 Å². The zero-order valence-corrected chi connectivity index (χ0v) is 16.3. The van der Waals surface area contributed by atoms with Gasteiger partial charge in [-0.15, -0.1) is 5.10 Å². The molecule has 0 aliphatic carbocycles. The molecule has 152 valence electrons. The van der Waals surface area contributed by atoms with Gasteiger partial charge >= 0.3 is 0 Å². The Hall–Kier alpha value is -4.03. The van der Waals surface area contributed by atoms with E-state index < -0.39 is 17.7 Å². The molecule has 8 nitrogen and oxygen atoms in total. The number of amides is 3. The third-order valence-corrected chi connectivity index (χ3v) is 4.04. The summed E-state index contributed by atoms with van der Waals surface area (Å²) in [4.78, 5) is 39.9. The van der Waals surface area contributed by atoms with E-state index in [0.717, 1.165) is 11.6 Å². The Bertz CT molecular complexity index is 1150. The molecule has 1 aliphatic heterocycles. The van der Waals surface area contributed by atoms with Crippen molar-refractivity contribution in [2.75, 3.05) is 13.2 Å². The van der Waals surface area contributed by atoms with Gasteiger partial charge < -0.3 is 10.1 Å². The van der Waals surface area contributed by atoms with Gasteiger partial charge in [0, 0.05) is 16.7 Å². The van der Waals surface area contributed by atoms with Gasteiger partial charge in [-0.25, -0.2) is 10.4 Å². The van der Waals surface area contributed by atoms with Crippen LogP contribution in [0.3, 0.4) is 0 Å². The summed E-state index contributed by atoms with van der Waals surface area (Å²) in [5.74, 6) is 1.70. The Morgan fingerprint density at radius 3 is 2.67 bits per heavy atom. The smallest absolute Gasteiger partial charge is 0.287 e. The van der Waals surface area contributed by atoms with Gasteiger partial charge in [-0.2, -0.15) is 0 Å². The van der Waals surface area contributed by atoms with E-state index in [0.29, 0.717) is 23.3 Å². The van der Waals surface area contributed by atoms with Crippen LogP contribution in [0.5, 0.6) is 5.75 Å². The summed E-state index contributed by atoms with van der Waals surface area (Å²) in [7, 11) is 0. The molecule has 0 aromatic heterocycles. The molecule has 2 aromatic carbocycles. The first-order valence-corrected chi connectivity index (χ1v) is 9.39. The fourth-order valence-electron chi connectivity index (χ4n) is 2.55. The Morgan fingerprint density at radius 2 is 1.90 bits per heavy atom. The number of benzene rings is 2. The maximum atomic E-state index is 12.1. The average molecular weight is 404 g/mol. The second-order valence-corrected chi connectivity index (χ2v) is 6.35. The lowest BCUT2D eigenvalue weighted by atomic mass is 10.1. The highest BCUT2D eigenvalue weighted by molar-refractivity contribution is 6.10. The molecule has 3 rings (SSSR count). The topological polar surface area (TPSA) is 109 Å². The average Bonchev–Trinajstić information content (AvgIpc) is 2.76. The number of nitrogens with one attached hydrogen (secondary N) is 2. The molecule has 0 fully saturated rings. The molecule has 0 bridgehead atoms. The Labute approximate surface area is 172 Å². The molecule has 2 N–H and O–H groups in total. The molecule has 0 saturated heterocycles. The summed E-state index contributed by atoms with van der Waals surface area (Å²) in [5.41, 5.74) is 2.75. The van der Waals surface area contributed by atoms with Gasteiger partial charge in [-0.05, 0) is 42.8 Å². The molecule has 30 heavy (non-hydrogen) atoms. The maximum Gasteiger partial charge on any atom is 0.287 e. The van der Waals surface area contributed by atoms with E-state index in [1.807, 2.05) is 19.1 Å². The molecular weight excluding hydrogens is 384 g/mol. The van der Waals surface area contributed by atoms with Gasteiger partial charge in [0.15, 0.2) is 0 Å². The second kappa shape index (κ2) is 9.95. The van der Waals surface area contributed by atoms with Crippen LogP contribution >= 0.6 is 0 Å². The molecule has 0 radical (unpaired) electrons. The summed E-state index contributed by atoms with van der Waals surface area (Å²) >= 11 is 0. The molecule has 0 saturated carbocycles. The van der Waals surface area contributed by atoms with Gasteiger partial charge in [0.2, 0.25) is 0 Å². The minimum atomic E-state index is -0.556. The van der Waals surface area contributed by atoms with Gasteiger partial charge in [0.25, 0.3) is 17.7 Å². The minimum Gasteiger partial charge on any atom is -0.494 e. The van der Waals surface area contributed by atoms with Crippen molar-refractivity contribution < 1.29 is 19.1 Å². The number of para-hydroxylation sites is 1. The van der Waals surface area contributed by atoms with Crippen LogP contribution in [0.1, 0.15) is 23.7 Å². The van der Waals surface area contributed by atoms with Crippen molar-refractivity contribution in [3.8, 4) is 5.75 Å². The molecule has 8 heteroatoms. The summed E-state index contributed by atoms with van der Waals surface area (Å²) < 4.78 is 5.46. The minimum absolute atomic E-state index is 0.128. The first kappa shape index (κ1) is 20.7. The van der Waals surface area contributed by atoms with Crippen LogP contribution in [0.15, 0.2) is 64.2 Å². The highest BCUT2D eigenvalue weighted by atomic mass is 16.5. The monoisotopic (exact) mass is 404 g/mol. The second-order valence-electron chi connectivity index (χ2n) is 6.35. The van der Waals surface area contributed by atoms with E-state index >= 15 is 0 Å². The normalized spacial score (nSPS) is 11.9. The molecule has 0 spiro atoms. The van der Waals surface area contributed by atoms with Crippen LogP contribution in [0.2, 0.25) is 0 Å². The number of nitrogens with zero attached hydrogens (tertiary/aromatic N) is 2. The number of carbonyl (C=O) groups excluding carboxylic acids is 3. The number of ether oxygens (including phenoxy) is 1. The van der Waals surface area contributed by atoms with Crippen LogP contribution in [0, 0.1) is 0 Å². The van der Waals surface area contributed by atoms with Crippen molar-refractivity contribution in [2.45, 2.75) is 13.3 Å². The van der Waals surface area contributed by atoms with Crippen LogP contribution < -0.4 is 26.1 Å². The summed E-state index contributed by atoms with van der Waals surface area (Å²) in [6.07, 6.45) is 2.49. The molecule has 1 heterocycles. The third-order valence-electron chi connectivity index (χ3n) is 4.04. The van der Waals surface area contributed by atoms with Crippen LogP contribution in [-0.4, -0.2) is 36.7 Å². The fraction of sp³-hybridized carbons (Fsp3) is 0.182. The largest absolute Gasteiger partial charge is 0.494 e. The summed E-state index contributed by atoms with van der Waals surface area (Å²) in [6.45, 7) is 2.33. The quantitative estimate of drug-likeness (QED) is 0.397. The third kappa shape index (κ3) is 5.50. The molecule has 3 amide bonds. The Balaban J connectivity index is 1.53. The van der Waals surface area contributed by atoms with E-state index in [9.17, 15) is 14.4 Å². The lowest BCUT2D eigenvalue weighted by Crippen LogP contribution is -2.34. The van der Waals surface area contributed by atoms with E-state index in [-0.39, 0.29) is 12.1 Å². The highest BCUT2D eigenvalue weighted by Crippen LogP contribution is 2.12. The van der Waals surface area contributed by atoms with Gasteiger partial charge in [0.1, 0.15) is 11.3 Å². The number of hydrogen-bond acceptors (Lipinski definition) is 5. The van der Waals surface area contributed by atoms with Crippen molar-refractivity contribution in [1.82, 2.24) is 10.7 Å². The van der Waals surface area contributed by atoms with Crippen molar-refractivity contribution >= 4 is 29.7 Å². The van der Waals surface area contributed by atoms with Crippen molar-refractivity contribution in [2.24, 2.45) is 10.1 Å². The first-order valence-electron chi connectivity index (χ1n) is 9.39. The van der Waals surface area contributed by atoms with E-state index in [1.54, 1.807) is 42.5 Å². The lowest BCUT2D eigenvalue weighted by molar-refractivity contribution is -0.120. The van der Waals surface area contributed by atoms with E-state index in [1.165, 1.54) is 0 Å². The standard InChI is InChI=1S/C22H20N4O4/c1-2-11-30-18-9-7-15(8-10-18)21(28)23-14-20(27)26-24-13-17-12-16-5-3-4-6-19(16)25-22(17)29/h3-10,12H,2,11,14H2,1H3,(H,23,28)(H,26,27). The number of hydrogen-bond donors (Lipinski definition) is 2. The van der Waals surface area contributed by atoms with E-state index in [2.05, 4.69) is 26.7 Å². The number of fused-ring (bicyclic) bond motifs is 1. The number of rotatable bonds is 7. The van der Waals surface area contributed by atoms with Crippen molar-refractivity contribution in [1.29, 1.82) is 0 Å². The van der Waals surface area contributed by atoms with Crippen molar-refractivity contribution in [3.05, 3.63) is 70.2 Å². The summed E-state index contributed by atoms with van der Waals surface area (Å²) in [5, 5.41) is 7.47. The lowest BCUT2D eigenvalue weighted by Gasteiger charge is -2.06. The molecule has 1 aliphatic rings. The number of hydrazone groups is 1. The number of carbonyl (C=O) groups is 3. The molecular formula is C22H20N4O4. The predicted octanol–water partition coefficient (Wildman–Crippen LogP) is 0.473. The summed E-state index contributed by atoms with van der Waals surface area (Å²) in [6, 6.07) is 13.8. The van der Waals surface area contributed by atoms with Crippen LogP contribution in [-0.2, 0) is 9.59 Å². The van der Waals surface area contributed by atoms with Gasteiger partial charge in [-0.1, -0.05) is 25.1 Å². The molecule has 0 unspecified atom stereocenters. The molecule has 2 aromatic rings. The predicted molar refractivity (Wildman–Crippen MR) is 110 cm³/mol. The zero-order valence-electron chi connectivity index (χ0n) is 16.3. The van der Waals surface area contributed by atoms with Gasteiger partial charge in [0.05, 0.1) is 18.5 Å². The molecule has 0 atom stereocenters. The SMILES string of the molecule is CCCOc1ccc(C(=O)NCC(=O)NN=C=C2C=c3ccccc3=NC2=O)cc1. The Morgan fingerprint density at radius 1 is 1.13 bits per heavy atom. The van der Waals surface area contributed by atoms with Gasteiger partial charge in [-0.3, -0.25) is 14.4 Å². The zero-order chi connectivity index (χ0) is 21.3. The Kier molecular flexibility index (Phi) is 6.87. The maximum absolute atomic E-state index is 12.1. The first-order chi connectivity index (χ1) is 14.6.